The van der Waals surface area contributed by atoms with Gasteiger partial charge in [-0.1, -0.05) is 41.7 Å². The highest BCUT2D eigenvalue weighted by Gasteiger charge is 2.33. The molecular weight excluding hydrogens is 521 g/mol. The SMILES string of the molecule is CCOC(=O)Cn1cc(/C=c2\sc3n(c2=O)[C@@H](c2ccc(F)cc2)C(C(=O)OCC)=C(C)N=3)c2ccccc21. The molecule has 0 radical (unpaired) electrons. The molecule has 2 aromatic carbocycles. The molecule has 39 heavy (non-hydrogen) atoms. The number of hydrogen-bond acceptors (Lipinski definition) is 7. The lowest BCUT2D eigenvalue weighted by molar-refractivity contribution is -0.143. The molecule has 0 N–H and O–H groups in total. The Morgan fingerprint density at radius 1 is 1.08 bits per heavy atom. The van der Waals surface area contributed by atoms with E-state index >= 15 is 0 Å². The van der Waals surface area contributed by atoms with Gasteiger partial charge in [0.15, 0.2) is 4.80 Å². The smallest absolute Gasteiger partial charge is 0.338 e. The Hall–Kier alpha value is -4.31. The lowest BCUT2D eigenvalue weighted by atomic mass is 9.96. The van der Waals surface area contributed by atoms with Crippen LogP contribution in [0.2, 0.25) is 0 Å². The molecule has 5 rings (SSSR count). The van der Waals surface area contributed by atoms with Gasteiger partial charge in [0.1, 0.15) is 12.4 Å². The summed E-state index contributed by atoms with van der Waals surface area (Å²) in [5.74, 6) is -1.36. The first-order valence-corrected chi connectivity index (χ1v) is 13.3. The number of halogens is 1. The van der Waals surface area contributed by atoms with E-state index in [1.807, 2.05) is 30.5 Å². The van der Waals surface area contributed by atoms with E-state index in [0.29, 0.717) is 20.6 Å². The Balaban J connectivity index is 1.69. The predicted octanol–water partition coefficient (Wildman–Crippen LogP) is 3.46. The molecule has 0 amide bonds. The van der Waals surface area contributed by atoms with Crippen LogP contribution >= 0.6 is 11.3 Å². The zero-order valence-electron chi connectivity index (χ0n) is 21.6. The van der Waals surface area contributed by atoms with E-state index in [1.165, 1.54) is 28.0 Å². The van der Waals surface area contributed by atoms with Gasteiger partial charge in [0.05, 0.1) is 35.1 Å². The monoisotopic (exact) mass is 547 g/mol. The molecule has 0 saturated carbocycles. The van der Waals surface area contributed by atoms with Crippen molar-refractivity contribution in [2.24, 2.45) is 4.99 Å². The fourth-order valence-corrected chi connectivity index (χ4v) is 5.80. The molecule has 0 aliphatic carbocycles. The third kappa shape index (κ3) is 4.95. The van der Waals surface area contributed by atoms with E-state index < -0.39 is 17.8 Å². The van der Waals surface area contributed by atoms with Crippen LogP contribution < -0.4 is 14.9 Å². The van der Waals surface area contributed by atoms with Crippen molar-refractivity contribution in [1.29, 1.82) is 0 Å². The number of fused-ring (bicyclic) bond motifs is 2. The minimum atomic E-state index is -0.826. The summed E-state index contributed by atoms with van der Waals surface area (Å²) in [5, 5.41) is 0.867. The number of carbonyl (C=O) groups is 2. The van der Waals surface area contributed by atoms with Crippen molar-refractivity contribution in [2.75, 3.05) is 13.2 Å². The van der Waals surface area contributed by atoms with Crippen LogP contribution in [0.15, 0.2) is 75.8 Å². The van der Waals surface area contributed by atoms with Gasteiger partial charge in [-0.15, -0.1) is 0 Å². The summed E-state index contributed by atoms with van der Waals surface area (Å²) in [6.45, 7) is 5.64. The number of benzene rings is 2. The molecule has 0 unspecified atom stereocenters. The molecule has 1 aliphatic rings. The Morgan fingerprint density at radius 2 is 1.79 bits per heavy atom. The molecular formula is C29H26FN3O5S. The summed E-state index contributed by atoms with van der Waals surface area (Å²) in [7, 11) is 0. The highest BCUT2D eigenvalue weighted by molar-refractivity contribution is 7.07. The van der Waals surface area contributed by atoms with Crippen molar-refractivity contribution in [2.45, 2.75) is 33.4 Å². The Labute approximate surface area is 226 Å². The number of carbonyl (C=O) groups excluding carboxylic acids is 2. The van der Waals surface area contributed by atoms with E-state index in [9.17, 15) is 18.8 Å². The van der Waals surface area contributed by atoms with Crippen LogP contribution in [0.5, 0.6) is 0 Å². The molecule has 0 saturated heterocycles. The summed E-state index contributed by atoms with van der Waals surface area (Å²) >= 11 is 1.20. The zero-order chi connectivity index (χ0) is 27.7. The van der Waals surface area contributed by atoms with Gasteiger partial charge in [-0.3, -0.25) is 14.2 Å². The Bertz CT molecular complexity index is 1800. The Morgan fingerprint density at radius 3 is 2.51 bits per heavy atom. The summed E-state index contributed by atoms with van der Waals surface area (Å²) in [4.78, 5) is 44.0. The first kappa shape index (κ1) is 26.3. The molecule has 2 aromatic heterocycles. The van der Waals surface area contributed by atoms with Crippen LogP contribution in [0.3, 0.4) is 0 Å². The van der Waals surface area contributed by atoms with Crippen molar-refractivity contribution in [1.82, 2.24) is 9.13 Å². The van der Waals surface area contributed by atoms with E-state index in [0.717, 1.165) is 16.5 Å². The summed E-state index contributed by atoms with van der Waals surface area (Å²) in [5.41, 5.74) is 2.46. The van der Waals surface area contributed by atoms with Crippen molar-refractivity contribution < 1.29 is 23.5 Å². The molecule has 8 nitrogen and oxygen atoms in total. The maximum atomic E-state index is 13.9. The van der Waals surface area contributed by atoms with Crippen LogP contribution in [0, 0.1) is 5.82 Å². The highest BCUT2D eigenvalue weighted by atomic mass is 32.1. The van der Waals surface area contributed by atoms with Gasteiger partial charge >= 0.3 is 11.9 Å². The second-order valence-electron chi connectivity index (χ2n) is 8.89. The van der Waals surface area contributed by atoms with E-state index in [2.05, 4.69) is 4.99 Å². The molecule has 1 atom stereocenters. The summed E-state index contributed by atoms with van der Waals surface area (Å²) < 4.78 is 27.8. The lowest BCUT2D eigenvalue weighted by Gasteiger charge is -2.24. The highest BCUT2D eigenvalue weighted by Crippen LogP contribution is 2.31. The van der Waals surface area contributed by atoms with Gasteiger partial charge in [-0.05, 0) is 50.6 Å². The number of para-hydroxylation sites is 1. The Kier molecular flexibility index (Phi) is 7.30. The minimum Gasteiger partial charge on any atom is -0.465 e. The van der Waals surface area contributed by atoms with Gasteiger partial charge in [-0.2, -0.15) is 0 Å². The van der Waals surface area contributed by atoms with Crippen molar-refractivity contribution in [3.63, 3.8) is 0 Å². The third-order valence-electron chi connectivity index (χ3n) is 6.41. The van der Waals surface area contributed by atoms with Crippen molar-refractivity contribution in [3.05, 3.63) is 103 Å². The average molecular weight is 548 g/mol. The molecule has 10 heteroatoms. The van der Waals surface area contributed by atoms with Crippen LogP contribution in [0.4, 0.5) is 4.39 Å². The van der Waals surface area contributed by atoms with Gasteiger partial charge in [0.25, 0.3) is 5.56 Å². The first-order valence-electron chi connectivity index (χ1n) is 12.5. The molecule has 1 aliphatic heterocycles. The van der Waals surface area contributed by atoms with Crippen molar-refractivity contribution in [3.8, 4) is 0 Å². The first-order chi connectivity index (χ1) is 18.8. The quantitative estimate of drug-likeness (QED) is 0.331. The fourth-order valence-electron chi connectivity index (χ4n) is 4.76. The number of esters is 2. The number of hydrogen-bond donors (Lipinski definition) is 0. The van der Waals surface area contributed by atoms with Gasteiger partial charge in [0.2, 0.25) is 0 Å². The van der Waals surface area contributed by atoms with Gasteiger partial charge < -0.3 is 14.0 Å². The fraction of sp³-hybridized carbons (Fsp3) is 0.241. The zero-order valence-corrected chi connectivity index (χ0v) is 22.5. The number of nitrogens with zero attached hydrogens (tertiary/aromatic N) is 3. The van der Waals surface area contributed by atoms with E-state index in [1.54, 1.807) is 43.5 Å². The molecule has 4 aromatic rings. The van der Waals surface area contributed by atoms with Gasteiger partial charge in [-0.25, -0.2) is 14.2 Å². The number of allylic oxidation sites excluding steroid dienone is 1. The second-order valence-corrected chi connectivity index (χ2v) is 9.90. The molecule has 200 valence electrons. The summed E-state index contributed by atoms with van der Waals surface area (Å²) in [6.07, 6.45) is 3.57. The molecule has 0 spiro atoms. The van der Waals surface area contributed by atoms with Crippen LogP contribution in [-0.4, -0.2) is 34.3 Å². The normalized spacial score (nSPS) is 15.3. The number of aromatic nitrogens is 2. The average Bonchev–Trinajstić information content (AvgIpc) is 3.40. The van der Waals surface area contributed by atoms with E-state index in [4.69, 9.17) is 9.47 Å². The second kappa shape index (κ2) is 10.8. The van der Waals surface area contributed by atoms with Crippen molar-refractivity contribution >= 4 is 40.3 Å². The van der Waals surface area contributed by atoms with E-state index in [-0.39, 0.29) is 36.9 Å². The lowest BCUT2D eigenvalue weighted by Crippen LogP contribution is -2.39. The standard InChI is InChI=1S/C29H26FN3O5S/c1-4-37-24(34)16-32-15-19(21-8-6-7-9-22(21)32)14-23-27(35)33-26(18-10-12-20(30)13-11-18)25(28(36)38-5-2)17(3)31-29(33)39-23/h6-15,26H,4-5,16H2,1-3H3/b23-14-/t26-/m0/s1. The van der Waals surface area contributed by atoms with Crippen LogP contribution in [0.25, 0.3) is 17.0 Å². The maximum Gasteiger partial charge on any atom is 0.338 e. The minimum absolute atomic E-state index is 0.0378. The number of thiazole rings is 1. The van der Waals surface area contributed by atoms with Crippen LogP contribution in [-0.2, 0) is 25.6 Å². The topological polar surface area (TPSA) is 91.9 Å². The van der Waals surface area contributed by atoms with Crippen LogP contribution in [0.1, 0.15) is 37.9 Å². The summed E-state index contributed by atoms with van der Waals surface area (Å²) in [6, 6.07) is 12.5. The molecule has 3 heterocycles. The van der Waals surface area contributed by atoms with Gasteiger partial charge in [0, 0.05) is 22.7 Å². The predicted molar refractivity (Wildman–Crippen MR) is 145 cm³/mol. The maximum absolute atomic E-state index is 13.9. The number of ether oxygens (including phenoxy) is 2. The molecule has 0 bridgehead atoms. The number of rotatable bonds is 7. The third-order valence-corrected chi connectivity index (χ3v) is 7.40. The largest absolute Gasteiger partial charge is 0.465 e. The molecule has 0 fully saturated rings.